The number of pyridine rings is 1. The Hall–Kier alpha value is -4.01. The summed E-state index contributed by atoms with van der Waals surface area (Å²) in [6, 6.07) is 9.15. The van der Waals surface area contributed by atoms with Crippen molar-refractivity contribution in [3.63, 3.8) is 0 Å². The Kier molecular flexibility index (Phi) is 5.25. The fraction of sp³-hybridized carbons (Fsp3) is 0.261. The normalized spacial score (nSPS) is 11.2. The summed E-state index contributed by atoms with van der Waals surface area (Å²) in [5, 5.41) is 0.0180. The SMILES string of the molecule is COC(=O)c1cc(C)nc2c1c(=O)n(Cc1nc(-c3ccc(C)cc3)oc1C)c(=O)n2C. The number of oxazole rings is 1. The van der Waals surface area contributed by atoms with Crippen LogP contribution in [0.5, 0.6) is 0 Å². The number of nitrogens with zero attached hydrogens (tertiary/aromatic N) is 4. The summed E-state index contributed by atoms with van der Waals surface area (Å²) in [5.41, 5.74) is 1.78. The number of rotatable bonds is 4. The molecule has 0 unspecified atom stereocenters. The minimum absolute atomic E-state index is 0.0180. The third-order valence-electron chi connectivity index (χ3n) is 5.33. The van der Waals surface area contributed by atoms with Crippen LogP contribution in [0.1, 0.15) is 33.1 Å². The molecule has 0 atom stereocenters. The van der Waals surface area contributed by atoms with Crippen molar-refractivity contribution < 1.29 is 13.9 Å². The quantitative estimate of drug-likeness (QED) is 0.454. The summed E-state index contributed by atoms with van der Waals surface area (Å²) in [6.07, 6.45) is 0. The first-order valence-electron chi connectivity index (χ1n) is 9.94. The number of carbonyl (C=O) groups is 1. The Balaban J connectivity index is 1.88. The predicted octanol–water partition coefficient (Wildman–Crippen LogP) is 2.51. The van der Waals surface area contributed by atoms with Gasteiger partial charge in [-0.2, -0.15) is 0 Å². The highest BCUT2D eigenvalue weighted by Gasteiger charge is 2.22. The minimum atomic E-state index is -0.679. The first kappa shape index (κ1) is 21.2. The van der Waals surface area contributed by atoms with Crippen LogP contribution in [0.25, 0.3) is 22.5 Å². The summed E-state index contributed by atoms with van der Waals surface area (Å²) in [7, 11) is 2.73. The van der Waals surface area contributed by atoms with E-state index >= 15 is 0 Å². The van der Waals surface area contributed by atoms with E-state index in [0.29, 0.717) is 23.0 Å². The Morgan fingerprint density at radius 3 is 2.44 bits per heavy atom. The van der Waals surface area contributed by atoms with Crippen LogP contribution in [0.3, 0.4) is 0 Å². The Morgan fingerprint density at radius 2 is 1.78 bits per heavy atom. The first-order chi connectivity index (χ1) is 15.2. The molecule has 0 aliphatic carbocycles. The van der Waals surface area contributed by atoms with E-state index in [0.717, 1.165) is 15.7 Å². The van der Waals surface area contributed by atoms with Crippen molar-refractivity contribution in [3.05, 3.63) is 79.4 Å². The average molecular weight is 434 g/mol. The molecule has 0 saturated heterocycles. The van der Waals surface area contributed by atoms with Gasteiger partial charge in [-0.25, -0.2) is 19.6 Å². The van der Waals surface area contributed by atoms with E-state index in [9.17, 15) is 14.4 Å². The van der Waals surface area contributed by atoms with Crippen molar-refractivity contribution in [2.24, 2.45) is 7.05 Å². The van der Waals surface area contributed by atoms with Crippen LogP contribution in [0.4, 0.5) is 0 Å². The van der Waals surface area contributed by atoms with Gasteiger partial charge >= 0.3 is 11.7 Å². The Labute approximate surface area is 182 Å². The fourth-order valence-corrected chi connectivity index (χ4v) is 3.56. The molecule has 0 aliphatic heterocycles. The second-order valence-electron chi connectivity index (χ2n) is 7.62. The van der Waals surface area contributed by atoms with E-state index in [1.807, 2.05) is 31.2 Å². The molecule has 0 N–H and O–H groups in total. The van der Waals surface area contributed by atoms with Crippen LogP contribution in [-0.2, 0) is 18.3 Å². The molecule has 4 rings (SSSR count). The van der Waals surface area contributed by atoms with Crippen LogP contribution in [0.2, 0.25) is 0 Å². The van der Waals surface area contributed by atoms with E-state index in [2.05, 4.69) is 9.97 Å². The number of benzene rings is 1. The van der Waals surface area contributed by atoms with Gasteiger partial charge in [-0.3, -0.25) is 13.9 Å². The molecule has 0 radical (unpaired) electrons. The van der Waals surface area contributed by atoms with Gasteiger partial charge in [-0.15, -0.1) is 0 Å². The molecule has 3 aromatic heterocycles. The zero-order valence-corrected chi connectivity index (χ0v) is 18.4. The summed E-state index contributed by atoms with van der Waals surface area (Å²) in [4.78, 5) is 47.5. The van der Waals surface area contributed by atoms with E-state index in [4.69, 9.17) is 9.15 Å². The number of ether oxygens (including phenoxy) is 1. The zero-order valence-electron chi connectivity index (χ0n) is 18.4. The van der Waals surface area contributed by atoms with Crippen molar-refractivity contribution in [2.75, 3.05) is 7.11 Å². The minimum Gasteiger partial charge on any atom is -0.465 e. The predicted molar refractivity (Wildman–Crippen MR) is 118 cm³/mol. The molecule has 9 heteroatoms. The van der Waals surface area contributed by atoms with E-state index < -0.39 is 17.2 Å². The third-order valence-corrected chi connectivity index (χ3v) is 5.33. The smallest absolute Gasteiger partial charge is 0.338 e. The topological polar surface area (TPSA) is 109 Å². The van der Waals surface area contributed by atoms with Crippen LogP contribution >= 0.6 is 0 Å². The van der Waals surface area contributed by atoms with E-state index in [-0.39, 0.29) is 23.1 Å². The monoisotopic (exact) mass is 434 g/mol. The molecule has 9 nitrogen and oxygen atoms in total. The number of hydrogen-bond acceptors (Lipinski definition) is 7. The maximum atomic E-state index is 13.3. The molecule has 3 heterocycles. The average Bonchev–Trinajstić information content (AvgIpc) is 3.14. The lowest BCUT2D eigenvalue weighted by Crippen LogP contribution is -2.40. The molecule has 0 bridgehead atoms. The lowest BCUT2D eigenvalue weighted by Gasteiger charge is -2.12. The van der Waals surface area contributed by atoms with Crippen molar-refractivity contribution in [3.8, 4) is 11.5 Å². The molecule has 0 aliphatic rings. The maximum Gasteiger partial charge on any atom is 0.338 e. The van der Waals surface area contributed by atoms with Gasteiger partial charge in [0.05, 0.1) is 24.6 Å². The molecule has 4 aromatic rings. The lowest BCUT2D eigenvalue weighted by molar-refractivity contribution is 0.0602. The highest BCUT2D eigenvalue weighted by molar-refractivity contribution is 6.02. The van der Waals surface area contributed by atoms with Gasteiger partial charge in [0.1, 0.15) is 17.1 Å². The highest BCUT2D eigenvalue weighted by Crippen LogP contribution is 2.22. The fourth-order valence-electron chi connectivity index (χ4n) is 3.56. The van der Waals surface area contributed by atoms with Gasteiger partial charge in [0.15, 0.2) is 0 Å². The lowest BCUT2D eigenvalue weighted by atomic mass is 10.1. The molecule has 0 fully saturated rings. The van der Waals surface area contributed by atoms with Gasteiger partial charge < -0.3 is 9.15 Å². The maximum absolute atomic E-state index is 13.3. The zero-order chi connectivity index (χ0) is 23.2. The van der Waals surface area contributed by atoms with Crippen molar-refractivity contribution in [1.82, 2.24) is 19.1 Å². The molecule has 164 valence electrons. The summed E-state index contributed by atoms with van der Waals surface area (Å²) in [5.74, 6) is 0.211. The van der Waals surface area contributed by atoms with E-state index in [1.165, 1.54) is 24.8 Å². The number of fused-ring (bicyclic) bond motifs is 1. The molecule has 32 heavy (non-hydrogen) atoms. The van der Waals surface area contributed by atoms with Crippen molar-refractivity contribution in [2.45, 2.75) is 27.3 Å². The van der Waals surface area contributed by atoms with Gasteiger partial charge in [0.25, 0.3) is 5.56 Å². The summed E-state index contributed by atoms with van der Waals surface area (Å²) < 4.78 is 12.9. The number of aromatic nitrogens is 4. The number of hydrogen-bond donors (Lipinski definition) is 0. The van der Waals surface area contributed by atoms with Gasteiger partial charge in [-0.1, -0.05) is 17.7 Å². The van der Waals surface area contributed by atoms with Crippen molar-refractivity contribution in [1.29, 1.82) is 0 Å². The van der Waals surface area contributed by atoms with Gasteiger partial charge in [0, 0.05) is 18.3 Å². The summed E-state index contributed by atoms with van der Waals surface area (Å²) in [6.45, 7) is 5.27. The van der Waals surface area contributed by atoms with Crippen LogP contribution in [0.15, 0.2) is 44.3 Å². The van der Waals surface area contributed by atoms with E-state index in [1.54, 1.807) is 13.8 Å². The summed E-state index contributed by atoms with van der Waals surface area (Å²) >= 11 is 0. The first-order valence-corrected chi connectivity index (χ1v) is 9.94. The molecule has 0 spiro atoms. The molecule has 0 saturated carbocycles. The third kappa shape index (κ3) is 3.51. The molecule has 0 amide bonds. The largest absolute Gasteiger partial charge is 0.465 e. The van der Waals surface area contributed by atoms with Crippen LogP contribution in [-0.4, -0.2) is 32.2 Å². The number of esters is 1. The molecular formula is C23H22N4O5. The molecule has 1 aromatic carbocycles. The number of carbonyl (C=O) groups excluding carboxylic acids is 1. The molecular weight excluding hydrogens is 412 g/mol. The second-order valence-corrected chi connectivity index (χ2v) is 7.62. The second kappa shape index (κ2) is 7.92. The van der Waals surface area contributed by atoms with Crippen LogP contribution < -0.4 is 11.2 Å². The van der Waals surface area contributed by atoms with Crippen LogP contribution in [0, 0.1) is 20.8 Å². The van der Waals surface area contributed by atoms with Gasteiger partial charge in [-0.05, 0) is 39.0 Å². The number of methoxy groups -OCH3 is 1. The van der Waals surface area contributed by atoms with Crippen molar-refractivity contribution >= 4 is 17.0 Å². The Morgan fingerprint density at radius 1 is 1.09 bits per heavy atom. The Bertz CT molecular complexity index is 1480. The number of aryl methyl sites for hydroxylation is 4. The van der Waals surface area contributed by atoms with Gasteiger partial charge in [0.2, 0.25) is 5.89 Å². The highest BCUT2D eigenvalue weighted by atomic mass is 16.5. The standard InChI is InChI=1S/C23H22N4O5/c1-12-6-8-15(9-7-12)20-25-17(14(3)32-20)11-27-21(28)18-16(22(29)31-5)10-13(2)24-19(18)26(4)23(27)30/h6-10H,11H2,1-5H3.